The van der Waals surface area contributed by atoms with E-state index in [1.165, 1.54) is 18.3 Å². The molecule has 0 unspecified atom stereocenters. The lowest BCUT2D eigenvalue weighted by Gasteiger charge is -2.17. The number of amides is 2. The van der Waals surface area contributed by atoms with E-state index in [4.69, 9.17) is 4.42 Å². The third-order valence-corrected chi connectivity index (χ3v) is 6.31. The molecule has 158 valence electrons. The molecule has 0 spiro atoms. The van der Waals surface area contributed by atoms with Crippen molar-refractivity contribution in [2.75, 3.05) is 12.4 Å². The van der Waals surface area contributed by atoms with Crippen molar-refractivity contribution in [3.05, 3.63) is 64.4 Å². The maximum absolute atomic E-state index is 13.2. The lowest BCUT2D eigenvalue weighted by molar-refractivity contribution is -0.128. The smallest absolute Gasteiger partial charge is 0.266 e. The molecular weight excluding hydrogens is 412 g/mol. The van der Waals surface area contributed by atoms with Crippen LogP contribution in [0.4, 0.5) is 5.69 Å². The van der Waals surface area contributed by atoms with Crippen LogP contribution in [0, 0.1) is 13.8 Å². The average Bonchev–Trinajstić information content (AvgIpc) is 3.38. The van der Waals surface area contributed by atoms with E-state index in [-0.39, 0.29) is 11.8 Å². The Morgan fingerprint density at radius 3 is 2.61 bits per heavy atom. The van der Waals surface area contributed by atoms with Crippen molar-refractivity contribution in [3.8, 4) is 11.6 Å². The summed E-state index contributed by atoms with van der Waals surface area (Å²) in [5, 5.41) is 3.89. The molecule has 0 aliphatic rings. The largest absolute Gasteiger partial charge is 0.461 e. The van der Waals surface area contributed by atoms with Gasteiger partial charge >= 0.3 is 0 Å². The quantitative estimate of drug-likeness (QED) is 0.487. The zero-order chi connectivity index (χ0) is 22.1. The Hall–Kier alpha value is -3.52. The molecule has 1 aromatic carbocycles. The molecule has 0 fully saturated rings. The highest BCUT2D eigenvalue weighted by Crippen LogP contribution is 2.33. The number of nitrogens with one attached hydrogen (secondary N) is 1. The molecule has 2 amide bonds. The lowest BCUT2D eigenvalue weighted by Crippen LogP contribution is -2.24. The van der Waals surface area contributed by atoms with Crippen LogP contribution in [-0.4, -0.2) is 33.7 Å². The van der Waals surface area contributed by atoms with Gasteiger partial charge in [-0.15, -0.1) is 11.3 Å². The van der Waals surface area contributed by atoms with Crippen LogP contribution in [0.25, 0.3) is 21.8 Å². The summed E-state index contributed by atoms with van der Waals surface area (Å²) in [7, 11) is 1.73. The number of hydrogen-bond donors (Lipinski definition) is 1. The number of aryl methyl sites for hydroxylation is 2. The minimum absolute atomic E-state index is 0.0390. The van der Waals surface area contributed by atoms with E-state index in [1.807, 2.05) is 44.2 Å². The normalized spacial score (nSPS) is 11.0. The number of anilines is 1. The van der Waals surface area contributed by atoms with Crippen LogP contribution in [0.5, 0.6) is 0 Å². The zero-order valence-electron chi connectivity index (χ0n) is 17.7. The summed E-state index contributed by atoms with van der Waals surface area (Å²) in [6.07, 6.45) is 1.58. The predicted molar refractivity (Wildman–Crippen MR) is 121 cm³/mol. The van der Waals surface area contributed by atoms with Gasteiger partial charge in [0.2, 0.25) is 5.91 Å². The molecule has 7 nitrogen and oxygen atoms in total. The first kappa shape index (κ1) is 20.7. The van der Waals surface area contributed by atoms with E-state index in [9.17, 15) is 9.59 Å². The molecule has 4 aromatic rings. The van der Waals surface area contributed by atoms with Crippen molar-refractivity contribution in [1.29, 1.82) is 0 Å². The molecule has 8 heteroatoms. The first-order chi connectivity index (χ1) is 14.8. The van der Waals surface area contributed by atoms with Gasteiger partial charge in [0, 0.05) is 31.6 Å². The molecule has 4 rings (SSSR count). The van der Waals surface area contributed by atoms with Crippen molar-refractivity contribution in [2.45, 2.75) is 27.3 Å². The van der Waals surface area contributed by atoms with Gasteiger partial charge in [-0.1, -0.05) is 18.2 Å². The summed E-state index contributed by atoms with van der Waals surface area (Å²) in [4.78, 5) is 36.9. The summed E-state index contributed by atoms with van der Waals surface area (Å²) in [6, 6.07) is 11.1. The Balaban J connectivity index is 1.67. The second-order valence-electron chi connectivity index (χ2n) is 7.33. The summed E-state index contributed by atoms with van der Waals surface area (Å²) in [5.74, 6) is 0.840. The van der Waals surface area contributed by atoms with E-state index in [0.29, 0.717) is 28.7 Å². The molecule has 0 bridgehead atoms. The van der Waals surface area contributed by atoms with Crippen molar-refractivity contribution >= 4 is 39.1 Å². The fraction of sp³-hybridized carbons (Fsp3) is 0.217. The summed E-state index contributed by atoms with van der Waals surface area (Å²) >= 11 is 1.33. The summed E-state index contributed by atoms with van der Waals surface area (Å²) in [6.45, 7) is 5.74. The first-order valence-corrected chi connectivity index (χ1v) is 10.6. The Bertz CT molecular complexity index is 1280. The molecule has 1 N–H and O–H groups in total. The van der Waals surface area contributed by atoms with Crippen molar-refractivity contribution < 1.29 is 14.0 Å². The second-order valence-corrected chi connectivity index (χ2v) is 8.33. The number of hydrogen-bond acceptors (Lipinski definition) is 6. The molecule has 0 saturated carbocycles. The van der Waals surface area contributed by atoms with Gasteiger partial charge in [-0.25, -0.2) is 9.97 Å². The van der Waals surface area contributed by atoms with Crippen LogP contribution in [0.1, 0.15) is 33.4 Å². The number of nitrogens with zero attached hydrogens (tertiary/aromatic N) is 3. The van der Waals surface area contributed by atoms with E-state index in [0.717, 1.165) is 27.0 Å². The Morgan fingerprint density at radius 2 is 1.90 bits per heavy atom. The average molecular weight is 435 g/mol. The number of thiophene rings is 1. The number of carbonyl (C=O) groups excluding carboxylic acids is 2. The van der Waals surface area contributed by atoms with Crippen molar-refractivity contribution in [3.63, 3.8) is 0 Å². The van der Waals surface area contributed by atoms with E-state index in [1.54, 1.807) is 24.3 Å². The topological polar surface area (TPSA) is 88.3 Å². The number of aromatic nitrogens is 2. The van der Waals surface area contributed by atoms with Gasteiger partial charge < -0.3 is 14.6 Å². The van der Waals surface area contributed by atoms with Crippen LogP contribution < -0.4 is 5.32 Å². The van der Waals surface area contributed by atoms with Gasteiger partial charge in [0.1, 0.15) is 4.83 Å². The highest BCUT2D eigenvalue weighted by molar-refractivity contribution is 7.20. The van der Waals surface area contributed by atoms with E-state index in [2.05, 4.69) is 15.3 Å². The standard InChI is InChI=1S/C23H22N4O3S/c1-13-19-14(2)24-21(18-10-7-11-30-18)26-23(19)31-20(13)22(29)25-17-9-6-5-8-16(17)12-27(4)15(3)28/h5-11H,12H2,1-4H3,(H,25,29). The van der Waals surface area contributed by atoms with E-state index < -0.39 is 0 Å². The van der Waals surface area contributed by atoms with Crippen LogP contribution in [0.15, 0.2) is 47.1 Å². The summed E-state index contributed by atoms with van der Waals surface area (Å²) < 4.78 is 5.42. The first-order valence-electron chi connectivity index (χ1n) is 9.77. The van der Waals surface area contributed by atoms with Gasteiger partial charge in [-0.2, -0.15) is 0 Å². The van der Waals surface area contributed by atoms with Gasteiger partial charge in [0.15, 0.2) is 11.6 Å². The lowest BCUT2D eigenvalue weighted by atomic mass is 10.1. The number of benzene rings is 1. The van der Waals surface area contributed by atoms with Crippen LogP contribution in [0.2, 0.25) is 0 Å². The molecule has 3 heterocycles. The highest BCUT2D eigenvalue weighted by Gasteiger charge is 2.21. The predicted octanol–water partition coefficient (Wildman–Crippen LogP) is 4.80. The maximum atomic E-state index is 13.2. The van der Waals surface area contributed by atoms with E-state index >= 15 is 0 Å². The molecule has 0 saturated heterocycles. The molecule has 0 aliphatic carbocycles. The second kappa shape index (κ2) is 8.31. The number of rotatable bonds is 5. The Labute approximate surface area is 183 Å². The van der Waals surface area contributed by atoms with Crippen LogP contribution in [-0.2, 0) is 11.3 Å². The Morgan fingerprint density at radius 1 is 1.13 bits per heavy atom. The molecule has 0 aliphatic heterocycles. The fourth-order valence-corrected chi connectivity index (χ4v) is 4.52. The van der Waals surface area contributed by atoms with Gasteiger partial charge in [-0.3, -0.25) is 9.59 Å². The van der Waals surface area contributed by atoms with Crippen LogP contribution in [0.3, 0.4) is 0 Å². The number of carbonyl (C=O) groups is 2. The van der Waals surface area contributed by atoms with Gasteiger partial charge in [0.25, 0.3) is 5.91 Å². The third kappa shape index (κ3) is 4.06. The fourth-order valence-electron chi connectivity index (χ4n) is 3.40. The minimum Gasteiger partial charge on any atom is -0.461 e. The van der Waals surface area contributed by atoms with Crippen molar-refractivity contribution in [1.82, 2.24) is 14.9 Å². The Kier molecular flexibility index (Phi) is 5.56. The van der Waals surface area contributed by atoms with Gasteiger partial charge in [0.05, 0.1) is 16.8 Å². The maximum Gasteiger partial charge on any atom is 0.266 e. The zero-order valence-corrected chi connectivity index (χ0v) is 18.5. The third-order valence-electron chi connectivity index (χ3n) is 5.13. The number of para-hydroxylation sites is 1. The summed E-state index contributed by atoms with van der Waals surface area (Å²) in [5.41, 5.74) is 3.19. The SMILES string of the molecule is CC(=O)N(C)Cc1ccccc1NC(=O)c1sc2nc(-c3ccco3)nc(C)c2c1C. The molecule has 0 atom stereocenters. The highest BCUT2D eigenvalue weighted by atomic mass is 32.1. The van der Waals surface area contributed by atoms with Gasteiger partial charge in [-0.05, 0) is 43.2 Å². The van der Waals surface area contributed by atoms with Crippen LogP contribution >= 0.6 is 11.3 Å². The molecule has 0 radical (unpaired) electrons. The van der Waals surface area contributed by atoms with Crippen molar-refractivity contribution in [2.24, 2.45) is 0 Å². The number of fused-ring (bicyclic) bond motifs is 1. The minimum atomic E-state index is -0.211. The molecule has 3 aromatic heterocycles. The number of furan rings is 1. The monoisotopic (exact) mass is 434 g/mol. The molecular formula is C23H22N4O3S. The molecule has 31 heavy (non-hydrogen) atoms.